The van der Waals surface area contributed by atoms with Gasteiger partial charge in [0.05, 0.1) is 3.55 Å². The number of alkyl halides is 1. The van der Waals surface area contributed by atoms with E-state index in [4.69, 9.17) is 0 Å². The molecule has 1 rings (SSSR count). The first kappa shape index (κ1) is 11.2. The predicted octanol–water partition coefficient (Wildman–Crippen LogP) is 1.32. The van der Waals surface area contributed by atoms with E-state index in [9.17, 15) is 4.79 Å². The third-order valence-corrected chi connectivity index (χ3v) is 3.16. The molecule has 0 aromatic carbocycles. The smallest absolute Gasteiger partial charge is 0.219 e. The van der Waals surface area contributed by atoms with Crippen LogP contribution in [0.1, 0.15) is 20.8 Å². The van der Waals surface area contributed by atoms with E-state index in [2.05, 4.69) is 41.3 Å². The minimum atomic E-state index is 0.200. The minimum Gasteiger partial charge on any atom is -0.340 e. The molecule has 0 spiro atoms. The molecular formula is C9H17IN2O. The van der Waals surface area contributed by atoms with Crippen molar-refractivity contribution in [2.24, 2.45) is 0 Å². The number of halogens is 1. The summed E-state index contributed by atoms with van der Waals surface area (Å²) in [6.07, 6.45) is 0. The zero-order chi connectivity index (χ0) is 10.1. The van der Waals surface area contributed by atoms with Crippen LogP contribution in [-0.4, -0.2) is 45.4 Å². The summed E-state index contributed by atoms with van der Waals surface area (Å²) in [6.45, 7) is 9.80. The molecule has 1 saturated heterocycles. The largest absolute Gasteiger partial charge is 0.340 e. The van der Waals surface area contributed by atoms with Crippen LogP contribution < -0.4 is 0 Å². The van der Waals surface area contributed by atoms with E-state index in [0.29, 0.717) is 0 Å². The average molecular weight is 296 g/mol. The summed E-state index contributed by atoms with van der Waals surface area (Å²) in [5.74, 6) is 0.200. The molecule has 0 aliphatic carbocycles. The van der Waals surface area contributed by atoms with Crippen molar-refractivity contribution in [2.45, 2.75) is 24.3 Å². The molecule has 0 radical (unpaired) electrons. The fraction of sp³-hybridized carbons (Fsp3) is 0.889. The van der Waals surface area contributed by atoms with Gasteiger partial charge in [-0.15, -0.1) is 0 Å². The lowest BCUT2D eigenvalue weighted by Crippen LogP contribution is -2.53. The van der Waals surface area contributed by atoms with E-state index >= 15 is 0 Å². The number of carbonyl (C=O) groups excluding carboxylic acids is 1. The van der Waals surface area contributed by atoms with E-state index < -0.39 is 0 Å². The van der Waals surface area contributed by atoms with Gasteiger partial charge in [0.25, 0.3) is 0 Å². The zero-order valence-corrected chi connectivity index (χ0v) is 10.7. The van der Waals surface area contributed by atoms with Gasteiger partial charge < -0.3 is 4.90 Å². The van der Waals surface area contributed by atoms with Crippen LogP contribution >= 0.6 is 22.6 Å². The highest BCUT2D eigenvalue weighted by Crippen LogP contribution is 2.23. The van der Waals surface area contributed by atoms with Crippen LogP contribution in [0, 0.1) is 0 Å². The normalized spacial score (nSPS) is 20.5. The second-order valence-electron chi connectivity index (χ2n) is 3.90. The van der Waals surface area contributed by atoms with Gasteiger partial charge in [0.2, 0.25) is 5.91 Å². The molecule has 0 unspecified atom stereocenters. The fourth-order valence-electron chi connectivity index (χ4n) is 1.55. The van der Waals surface area contributed by atoms with E-state index in [1.807, 2.05) is 4.90 Å². The van der Waals surface area contributed by atoms with Gasteiger partial charge in [-0.3, -0.25) is 9.69 Å². The van der Waals surface area contributed by atoms with Gasteiger partial charge in [-0.05, 0) is 13.8 Å². The molecular weight excluding hydrogens is 279 g/mol. The maximum atomic E-state index is 11.1. The number of nitrogens with zero attached hydrogens (tertiary/aromatic N) is 2. The van der Waals surface area contributed by atoms with Crippen molar-refractivity contribution in [1.29, 1.82) is 0 Å². The average Bonchev–Trinajstić information content (AvgIpc) is 2.03. The number of piperazine rings is 1. The van der Waals surface area contributed by atoms with Crippen LogP contribution in [0.3, 0.4) is 0 Å². The Morgan fingerprint density at radius 1 is 1.23 bits per heavy atom. The van der Waals surface area contributed by atoms with E-state index in [0.717, 1.165) is 26.2 Å². The van der Waals surface area contributed by atoms with E-state index in [1.54, 1.807) is 6.92 Å². The lowest BCUT2D eigenvalue weighted by molar-refractivity contribution is -0.130. The Labute approximate surface area is 93.6 Å². The fourth-order valence-corrected chi connectivity index (χ4v) is 2.04. The highest BCUT2D eigenvalue weighted by molar-refractivity contribution is 14.1. The molecule has 1 amide bonds. The Hall–Kier alpha value is 0.160. The van der Waals surface area contributed by atoms with Crippen molar-refractivity contribution in [3.8, 4) is 0 Å². The summed E-state index contributed by atoms with van der Waals surface area (Å²) in [5, 5.41) is 0. The first-order chi connectivity index (χ1) is 5.91. The number of hydrogen-bond acceptors (Lipinski definition) is 2. The molecule has 3 nitrogen and oxygen atoms in total. The molecule has 0 bridgehead atoms. The van der Waals surface area contributed by atoms with Gasteiger partial charge in [0, 0.05) is 33.1 Å². The molecule has 76 valence electrons. The summed E-state index contributed by atoms with van der Waals surface area (Å²) in [4.78, 5) is 15.4. The van der Waals surface area contributed by atoms with Crippen LogP contribution in [0.5, 0.6) is 0 Å². The molecule has 0 N–H and O–H groups in total. The van der Waals surface area contributed by atoms with E-state index in [1.165, 1.54) is 0 Å². The molecule has 1 heterocycles. The molecule has 0 saturated carbocycles. The summed E-state index contributed by atoms with van der Waals surface area (Å²) in [7, 11) is 0. The first-order valence-electron chi connectivity index (χ1n) is 4.61. The second-order valence-corrected chi connectivity index (χ2v) is 6.54. The van der Waals surface area contributed by atoms with E-state index in [-0.39, 0.29) is 9.45 Å². The van der Waals surface area contributed by atoms with Crippen molar-refractivity contribution in [1.82, 2.24) is 9.80 Å². The Morgan fingerprint density at radius 2 is 1.69 bits per heavy atom. The number of amides is 1. The van der Waals surface area contributed by atoms with Crippen LogP contribution in [0.2, 0.25) is 0 Å². The number of rotatable bonds is 1. The molecule has 1 aliphatic rings. The standard InChI is InChI=1S/C9H17IN2O/c1-8(13)11-4-6-12(7-5-11)9(2,3)10/h4-7H2,1-3H3. The predicted molar refractivity (Wildman–Crippen MR) is 61.9 cm³/mol. The van der Waals surface area contributed by atoms with Crippen molar-refractivity contribution in [3.63, 3.8) is 0 Å². The van der Waals surface area contributed by atoms with Crippen molar-refractivity contribution in [3.05, 3.63) is 0 Å². The second kappa shape index (κ2) is 4.13. The van der Waals surface area contributed by atoms with Gasteiger partial charge >= 0.3 is 0 Å². The summed E-state index contributed by atoms with van der Waals surface area (Å²) >= 11 is 2.44. The van der Waals surface area contributed by atoms with Crippen LogP contribution in [0.4, 0.5) is 0 Å². The quantitative estimate of drug-likeness (QED) is 0.414. The topological polar surface area (TPSA) is 23.6 Å². The molecule has 0 atom stereocenters. The van der Waals surface area contributed by atoms with Gasteiger partial charge in [-0.25, -0.2) is 0 Å². The minimum absolute atomic E-state index is 0.200. The van der Waals surface area contributed by atoms with Crippen LogP contribution in [0.25, 0.3) is 0 Å². The molecule has 0 aromatic rings. The summed E-state index contributed by atoms with van der Waals surface area (Å²) < 4.78 is 0.209. The first-order valence-corrected chi connectivity index (χ1v) is 5.68. The highest BCUT2D eigenvalue weighted by Gasteiger charge is 2.27. The lowest BCUT2D eigenvalue weighted by Gasteiger charge is -2.40. The molecule has 4 heteroatoms. The lowest BCUT2D eigenvalue weighted by atomic mass is 10.2. The summed E-state index contributed by atoms with van der Waals surface area (Å²) in [6, 6.07) is 0. The van der Waals surface area contributed by atoms with Crippen molar-refractivity contribution in [2.75, 3.05) is 26.2 Å². The monoisotopic (exact) mass is 296 g/mol. The third kappa shape index (κ3) is 3.09. The Balaban J connectivity index is 2.44. The highest BCUT2D eigenvalue weighted by atomic mass is 127. The maximum absolute atomic E-state index is 11.1. The Bertz CT molecular complexity index is 192. The zero-order valence-electron chi connectivity index (χ0n) is 8.51. The van der Waals surface area contributed by atoms with Gasteiger partial charge in [-0.1, -0.05) is 22.6 Å². The van der Waals surface area contributed by atoms with Gasteiger partial charge in [0.1, 0.15) is 0 Å². The Morgan fingerprint density at radius 3 is 2.00 bits per heavy atom. The van der Waals surface area contributed by atoms with Crippen molar-refractivity contribution < 1.29 is 4.79 Å². The maximum Gasteiger partial charge on any atom is 0.219 e. The van der Waals surface area contributed by atoms with Gasteiger partial charge in [-0.2, -0.15) is 0 Å². The molecule has 13 heavy (non-hydrogen) atoms. The van der Waals surface area contributed by atoms with Crippen LogP contribution in [-0.2, 0) is 4.79 Å². The third-order valence-electron chi connectivity index (χ3n) is 2.48. The SMILES string of the molecule is CC(=O)N1CCN(C(C)(C)I)CC1. The summed E-state index contributed by atoms with van der Waals surface area (Å²) in [5.41, 5.74) is 0. The van der Waals surface area contributed by atoms with Gasteiger partial charge in [0.15, 0.2) is 0 Å². The molecule has 1 fully saturated rings. The van der Waals surface area contributed by atoms with Crippen LogP contribution in [0.15, 0.2) is 0 Å². The van der Waals surface area contributed by atoms with Crippen molar-refractivity contribution >= 4 is 28.5 Å². The molecule has 1 aliphatic heterocycles. The Kier molecular flexibility index (Phi) is 3.57. The molecule has 0 aromatic heterocycles. The number of hydrogen-bond donors (Lipinski definition) is 0. The number of carbonyl (C=O) groups is 1.